The van der Waals surface area contributed by atoms with Gasteiger partial charge >= 0.3 is 0 Å². The van der Waals surface area contributed by atoms with Crippen molar-refractivity contribution < 1.29 is 0 Å². The van der Waals surface area contributed by atoms with Crippen LogP contribution in [0.15, 0.2) is 55.1 Å². The van der Waals surface area contributed by atoms with E-state index in [1.54, 1.807) is 23.1 Å². The van der Waals surface area contributed by atoms with Crippen LogP contribution in [-0.4, -0.2) is 29.7 Å². The maximum Gasteiger partial charge on any atom is 0.168 e. The molecule has 4 aromatic rings. The molecule has 0 saturated heterocycles. The van der Waals surface area contributed by atoms with Crippen molar-refractivity contribution >= 4 is 22.7 Å². The lowest BCUT2D eigenvalue weighted by molar-refractivity contribution is 0.894. The van der Waals surface area contributed by atoms with E-state index in [1.165, 1.54) is 6.33 Å². The van der Waals surface area contributed by atoms with E-state index in [9.17, 15) is 0 Å². The van der Waals surface area contributed by atoms with Gasteiger partial charge in [0, 0.05) is 6.20 Å². The summed E-state index contributed by atoms with van der Waals surface area (Å²) in [5.74, 6) is 1.71. The van der Waals surface area contributed by atoms with E-state index in [1.807, 2.05) is 30.3 Å². The van der Waals surface area contributed by atoms with Crippen molar-refractivity contribution in [3.05, 3.63) is 60.9 Å². The van der Waals surface area contributed by atoms with Gasteiger partial charge in [-0.05, 0) is 18.2 Å². The lowest BCUT2D eigenvalue weighted by Gasteiger charge is -2.06. The zero-order valence-corrected chi connectivity index (χ0v) is 12.7. The van der Waals surface area contributed by atoms with Crippen LogP contribution in [-0.2, 0) is 6.54 Å². The van der Waals surface area contributed by atoms with Crippen LogP contribution in [0.5, 0.6) is 0 Å². The molecule has 0 fully saturated rings. The molecular formula is C16H14N8. The van der Waals surface area contributed by atoms with E-state index in [2.05, 4.69) is 30.4 Å². The summed E-state index contributed by atoms with van der Waals surface area (Å²) in [6.45, 7) is 0.410. The third-order valence-electron chi connectivity index (χ3n) is 3.51. The molecule has 118 valence electrons. The Hall–Kier alpha value is -3.55. The fourth-order valence-electron chi connectivity index (χ4n) is 2.41. The Labute approximate surface area is 137 Å². The van der Waals surface area contributed by atoms with Crippen molar-refractivity contribution in [3.63, 3.8) is 0 Å². The summed E-state index contributed by atoms with van der Waals surface area (Å²) in [4.78, 5) is 17.0. The quantitative estimate of drug-likeness (QED) is 0.590. The fourth-order valence-corrected chi connectivity index (χ4v) is 2.41. The van der Waals surface area contributed by atoms with Gasteiger partial charge in [-0.1, -0.05) is 18.2 Å². The van der Waals surface area contributed by atoms with Gasteiger partial charge in [-0.3, -0.25) is 0 Å². The lowest BCUT2D eigenvalue weighted by atomic mass is 10.3. The molecule has 0 aliphatic rings. The van der Waals surface area contributed by atoms with Crippen LogP contribution < -0.4 is 11.1 Å². The normalized spacial score (nSPS) is 10.8. The number of aromatic nitrogens is 6. The van der Waals surface area contributed by atoms with Gasteiger partial charge in [-0.2, -0.15) is 5.10 Å². The molecule has 3 N–H and O–H groups in total. The Morgan fingerprint density at radius 3 is 2.75 bits per heavy atom. The van der Waals surface area contributed by atoms with Crippen LogP contribution in [0.2, 0.25) is 0 Å². The predicted octanol–water partition coefficient (Wildman–Crippen LogP) is 1.80. The van der Waals surface area contributed by atoms with Crippen LogP contribution in [0, 0.1) is 0 Å². The van der Waals surface area contributed by atoms with E-state index < -0.39 is 0 Å². The number of nitrogens with zero attached hydrogens (tertiary/aromatic N) is 6. The highest BCUT2D eigenvalue weighted by molar-refractivity contribution is 5.87. The summed E-state index contributed by atoms with van der Waals surface area (Å²) in [7, 11) is 0. The second kappa shape index (κ2) is 5.92. The zero-order valence-electron chi connectivity index (χ0n) is 12.7. The highest BCUT2D eigenvalue weighted by Gasteiger charge is 2.11. The second-order valence-electron chi connectivity index (χ2n) is 5.10. The molecule has 0 radical (unpaired) electrons. The van der Waals surface area contributed by atoms with Crippen LogP contribution in [0.4, 0.5) is 11.6 Å². The SMILES string of the molecule is Nc1ccnc(CNc2ncnc3c2cnn3-c2ccccc2)n1. The van der Waals surface area contributed by atoms with Crippen LogP contribution in [0.3, 0.4) is 0 Å². The molecule has 0 atom stereocenters. The summed E-state index contributed by atoms with van der Waals surface area (Å²) in [6.07, 6.45) is 4.87. The first kappa shape index (κ1) is 14.1. The van der Waals surface area contributed by atoms with Crippen LogP contribution in [0.25, 0.3) is 16.7 Å². The summed E-state index contributed by atoms with van der Waals surface area (Å²) in [6, 6.07) is 11.5. The van der Waals surface area contributed by atoms with Crippen molar-refractivity contribution in [2.45, 2.75) is 6.54 Å². The highest BCUT2D eigenvalue weighted by atomic mass is 15.3. The number of nitrogens with two attached hydrogens (primary N) is 1. The third-order valence-corrected chi connectivity index (χ3v) is 3.51. The van der Waals surface area contributed by atoms with Crippen molar-refractivity contribution in [1.82, 2.24) is 29.7 Å². The Morgan fingerprint density at radius 2 is 1.92 bits per heavy atom. The second-order valence-corrected chi connectivity index (χ2v) is 5.10. The number of rotatable bonds is 4. The number of anilines is 2. The van der Waals surface area contributed by atoms with Gasteiger partial charge in [0.25, 0.3) is 0 Å². The van der Waals surface area contributed by atoms with Gasteiger partial charge in [0.15, 0.2) is 5.65 Å². The Balaban J connectivity index is 1.66. The first-order valence-corrected chi connectivity index (χ1v) is 7.37. The predicted molar refractivity (Wildman–Crippen MR) is 90.4 cm³/mol. The maximum absolute atomic E-state index is 5.67. The molecule has 0 aliphatic heterocycles. The average Bonchev–Trinajstić information content (AvgIpc) is 3.05. The fraction of sp³-hybridized carbons (Fsp3) is 0.0625. The number of nitrogens with one attached hydrogen (secondary N) is 1. The largest absolute Gasteiger partial charge is 0.384 e. The molecule has 4 rings (SSSR count). The first-order valence-electron chi connectivity index (χ1n) is 7.37. The Morgan fingerprint density at radius 1 is 1.04 bits per heavy atom. The Bertz CT molecular complexity index is 980. The molecule has 0 spiro atoms. The molecule has 0 amide bonds. The van der Waals surface area contributed by atoms with Crippen molar-refractivity contribution in [3.8, 4) is 5.69 Å². The monoisotopic (exact) mass is 318 g/mol. The molecule has 0 unspecified atom stereocenters. The molecule has 0 bridgehead atoms. The third kappa shape index (κ3) is 2.60. The molecule has 8 nitrogen and oxygen atoms in total. The van der Waals surface area contributed by atoms with E-state index in [0.29, 0.717) is 24.0 Å². The number of hydrogen-bond acceptors (Lipinski definition) is 7. The topological polar surface area (TPSA) is 107 Å². The van der Waals surface area contributed by atoms with E-state index in [0.717, 1.165) is 16.7 Å². The Kier molecular flexibility index (Phi) is 3.47. The number of benzene rings is 1. The van der Waals surface area contributed by atoms with E-state index >= 15 is 0 Å². The van der Waals surface area contributed by atoms with Gasteiger partial charge < -0.3 is 11.1 Å². The van der Waals surface area contributed by atoms with Crippen molar-refractivity contribution in [1.29, 1.82) is 0 Å². The standard InChI is InChI=1S/C16H14N8/c17-13-6-7-18-14(23-13)9-19-15-12-8-22-24(16(12)21-10-20-15)11-4-2-1-3-5-11/h1-8,10H,9H2,(H2,17,18,23)(H,19,20,21). The minimum Gasteiger partial charge on any atom is -0.384 e. The summed E-state index contributed by atoms with van der Waals surface area (Å²) in [5, 5.41) is 8.45. The van der Waals surface area contributed by atoms with Crippen LogP contribution in [0.1, 0.15) is 5.82 Å². The van der Waals surface area contributed by atoms with Crippen LogP contribution >= 0.6 is 0 Å². The number of nitrogen functional groups attached to an aromatic ring is 1. The molecule has 3 aromatic heterocycles. The van der Waals surface area contributed by atoms with Gasteiger partial charge in [0.05, 0.1) is 23.8 Å². The summed E-state index contributed by atoms with van der Waals surface area (Å²) >= 11 is 0. The highest BCUT2D eigenvalue weighted by Crippen LogP contribution is 2.21. The minimum atomic E-state index is 0.410. The smallest absolute Gasteiger partial charge is 0.168 e. The van der Waals surface area contributed by atoms with Crippen molar-refractivity contribution in [2.24, 2.45) is 0 Å². The number of para-hydroxylation sites is 1. The molecular weight excluding hydrogens is 304 g/mol. The molecule has 1 aromatic carbocycles. The average molecular weight is 318 g/mol. The first-order chi connectivity index (χ1) is 11.8. The number of hydrogen-bond donors (Lipinski definition) is 2. The van der Waals surface area contributed by atoms with Gasteiger partial charge in [-0.15, -0.1) is 0 Å². The molecule has 3 heterocycles. The van der Waals surface area contributed by atoms with E-state index in [4.69, 9.17) is 5.73 Å². The molecule has 24 heavy (non-hydrogen) atoms. The van der Waals surface area contributed by atoms with Gasteiger partial charge in [0.2, 0.25) is 0 Å². The molecule has 0 saturated carbocycles. The zero-order chi connectivity index (χ0) is 16.4. The lowest BCUT2D eigenvalue weighted by Crippen LogP contribution is -2.07. The minimum absolute atomic E-state index is 0.410. The number of fused-ring (bicyclic) bond motifs is 1. The molecule has 8 heteroatoms. The maximum atomic E-state index is 5.67. The van der Waals surface area contributed by atoms with Gasteiger partial charge in [-0.25, -0.2) is 24.6 Å². The summed E-state index contributed by atoms with van der Waals surface area (Å²) in [5.41, 5.74) is 7.34. The molecule has 0 aliphatic carbocycles. The summed E-state index contributed by atoms with van der Waals surface area (Å²) < 4.78 is 1.78. The van der Waals surface area contributed by atoms with E-state index in [-0.39, 0.29) is 0 Å². The van der Waals surface area contributed by atoms with Gasteiger partial charge in [0.1, 0.15) is 23.8 Å². The van der Waals surface area contributed by atoms with Crippen molar-refractivity contribution in [2.75, 3.05) is 11.1 Å².